The van der Waals surface area contributed by atoms with Gasteiger partial charge >= 0.3 is 6.16 Å². The average molecular weight is 145 g/mol. The molecule has 0 amide bonds. The van der Waals surface area contributed by atoms with Gasteiger partial charge in [-0.25, -0.2) is 4.79 Å². The second-order valence-corrected chi connectivity index (χ2v) is 2.11. The van der Waals surface area contributed by atoms with Gasteiger partial charge in [-0.05, 0) is 13.3 Å². The molecule has 3 nitrogen and oxygen atoms in total. The number of rotatable bonds is 3. The van der Waals surface area contributed by atoms with E-state index in [2.05, 4.69) is 11.8 Å². The molecule has 0 aliphatic rings. The van der Waals surface area contributed by atoms with Crippen LogP contribution in [-0.4, -0.2) is 12.3 Å². The molecule has 3 heteroatoms. The predicted molar refractivity (Wildman–Crippen MR) is 37.3 cm³/mol. The van der Waals surface area contributed by atoms with Crippen LogP contribution in [-0.2, 0) is 9.47 Å². The zero-order chi connectivity index (χ0) is 7.98. The van der Waals surface area contributed by atoms with Gasteiger partial charge in [-0.3, -0.25) is 0 Å². The van der Waals surface area contributed by atoms with E-state index in [1.807, 2.05) is 13.8 Å². The van der Waals surface area contributed by atoms with Crippen LogP contribution in [0.3, 0.4) is 0 Å². The van der Waals surface area contributed by atoms with Crippen LogP contribution in [0, 0.1) is 7.11 Å². The number of hydrogen-bond acceptors (Lipinski definition) is 3. The molecular formula is C7H13O3. The summed E-state index contributed by atoms with van der Waals surface area (Å²) in [6.45, 7) is 3.84. The van der Waals surface area contributed by atoms with Crippen molar-refractivity contribution in [2.24, 2.45) is 0 Å². The van der Waals surface area contributed by atoms with Crippen molar-refractivity contribution >= 4 is 6.16 Å². The van der Waals surface area contributed by atoms with E-state index in [1.165, 1.54) is 0 Å². The molecule has 0 aromatic carbocycles. The Labute approximate surface area is 61.3 Å². The Bertz CT molecular complexity index is 101. The Balaban J connectivity index is 3.37. The molecule has 0 aliphatic heterocycles. The van der Waals surface area contributed by atoms with Gasteiger partial charge in [0.05, 0.1) is 0 Å². The number of carbonyl (C=O) groups excluding carboxylic acids is 1. The van der Waals surface area contributed by atoms with Crippen molar-refractivity contribution in [3.8, 4) is 0 Å². The maximum Gasteiger partial charge on any atom is 0.508 e. The minimum absolute atomic E-state index is 0.0701. The van der Waals surface area contributed by atoms with Gasteiger partial charge in [-0.2, -0.15) is 0 Å². The van der Waals surface area contributed by atoms with Gasteiger partial charge in [0.25, 0.3) is 0 Å². The Hall–Kier alpha value is -0.730. The van der Waals surface area contributed by atoms with Crippen LogP contribution in [0.2, 0.25) is 0 Å². The van der Waals surface area contributed by atoms with Crippen molar-refractivity contribution in [1.29, 1.82) is 0 Å². The summed E-state index contributed by atoms with van der Waals surface area (Å²) in [6, 6.07) is 0. The lowest BCUT2D eigenvalue weighted by Gasteiger charge is -2.09. The normalized spacial score (nSPS) is 12.3. The third-order valence-corrected chi connectivity index (χ3v) is 1.11. The minimum Gasteiger partial charge on any atom is -0.431 e. The highest BCUT2D eigenvalue weighted by molar-refractivity contribution is 5.60. The van der Waals surface area contributed by atoms with Crippen LogP contribution < -0.4 is 0 Å². The summed E-state index contributed by atoms with van der Waals surface area (Å²) in [4.78, 5) is 10.4. The molecule has 1 unspecified atom stereocenters. The zero-order valence-electron chi connectivity index (χ0n) is 6.42. The van der Waals surface area contributed by atoms with E-state index in [4.69, 9.17) is 4.74 Å². The number of hydrogen-bond donors (Lipinski definition) is 0. The molecular weight excluding hydrogens is 132 g/mol. The molecule has 10 heavy (non-hydrogen) atoms. The van der Waals surface area contributed by atoms with Crippen LogP contribution in [0.1, 0.15) is 26.7 Å². The molecule has 0 aromatic rings. The topological polar surface area (TPSA) is 35.5 Å². The molecule has 59 valence electrons. The number of ether oxygens (including phenoxy) is 2. The first-order chi connectivity index (χ1) is 4.70. The Morgan fingerprint density at radius 3 is 2.70 bits per heavy atom. The predicted octanol–water partition coefficient (Wildman–Crippen LogP) is 2.12. The largest absolute Gasteiger partial charge is 0.508 e. The summed E-state index contributed by atoms with van der Waals surface area (Å²) in [5.41, 5.74) is 0. The Morgan fingerprint density at radius 2 is 2.30 bits per heavy atom. The molecule has 0 saturated heterocycles. The van der Waals surface area contributed by atoms with Gasteiger partial charge in [0.15, 0.2) is 0 Å². The average Bonchev–Trinajstić information content (AvgIpc) is 1.88. The van der Waals surface area contributed by atoms with Gasteiger partial charge in [-0.15, -0.1) is 0 Å². The SMILES string of the molecule is [CH2]OC(=O)OC(C)CCC. The van der Waals surface area contributed by atoms with E-state index in [-0.39, 0.29) is 6.10 Å². The van der Waals surface area contributed by atoms with E-state index < -0.39 is 6.16 Å². The van der Waals surface area contributed by atoms with Crippen molar-refractivity contribution < 1.29 is 14.3 Å². The van der Waals surface area contributed by atoms with Crippen molar-refractivity contribution in [3.63, 3.8) is 0 Å². The van der Waals surface area contributed by atoms with Crippen molar-refractivity contribution in [2.45, 2.75) is 32.8 Å². The molecule has 0 spiro atoms. The van der Waals surface area contributed by atoms with Crippen molar-refractivity contribution in [3.05, 3.63) is 7.11 Å². The third-order valence-electron chi connectivity index (χ3n) is 1.11. The van der Waals surface area contributed by atoms with Crippen molar-refractivity contribution in [2.75, 3.05) is 0 Å². The van der Waals surface area contributed by atoms with E-state index in [9.17, 15) is 4.79 Å². The smallest absolute Gasteiger partial charge is 0.431 e. The van der Waals surface area contributed by atoms with E-state index in [0.717, 1.165) is 12.8 Å². The summed E-state index contributed by atoms with van der Waals surface area (Å²) in [5.74, 6) is 0. The summed E-state index contributed by atoms with van der Waals surface area (Å²) in [6.07, 6.45) is 1.07. The van der Waals surface area contributed by atoms with Crippen LogP contribution in [0.5, 0.6) is 0 Å². The van der Waals surface area contributed by atoms with E-state index in [0.29, 0.717) is 0 Å². The summed E-state index contributed by atoms with van der Waals surface area (Å²) in [5, 5.41) is 0. The molecule has 0 aliphatic carbocycles. The van der Waals surface area contributed by atoms with Gasteiger partial charge in [-0.1, -0.05) is 13.3 Å². The molecule has 1 radical (unpaired) electrons. The molecule has 0 heterocycles. The lowest BCUT2D eigenvalue weighted by Crippen LogP contribution is -2.13. The lowest BCUT2D eigenvalue weighted by atomic mass is 10.2. The second kappa shape index (κ2) is 5.09. The van der Waals surface area contributed by atoms with Crippen LogP contribution >= 0.6 is 0 Å². The van der Waals surface area contributed by atoms with Gasteiger partial charge in [0.1, 0.15) is 13.2 Å². The molecule has 0 aromatic heterocycles. The van der Waals surface area contributed by atoms with Crippen LogP contribution in [0.15, 0.2) is 0 Å². The molecule has 1 atom stereocenters. The standard InChI is InChI=1S/C7H13O3/c1-4-5-6(2)10-7(8)9-3/h6H,3-5H2,1-2H3. The molecule has 0 N–H and O–H groups in total. The van der Waals surface area contributed by atoms with Gasteiger partial charge < -0.3 is 9.47 Å². The van der Waals surface area contributed by atoms with Gasteiger partial charge in [0.2, 0.25) is 0 Å². The monoisotopic (exact) mass is 145 g/mol. The molecule has 0 bridgehead atoms. The Morgan fingerprint density at radius 1 is 1.70 bits per heavy atom. The van der Waals surface area contributed by atoms with E-state index >= 15 is 0 Å². The van der Waals surface area contributed by atoms with Crippen LogP contribution in [0.4, 0.5) is 4.79 Å². The minimum atomic E-state index is -0.707. The highest BCUT2D eigenvalue weighted by Gasteiger charge is 2.06. The fraction of sp³-hybridized carbons (Fsp3) is 0.714. The van der Waals surface area contributed by atoms with Crippen LogP contribution in [0.25, 0.3) is 0 Å². The highest BCUT2D eigenvalue weighted by atomic mass is 16.7. The molecule has 0 saturated carbocycles. The Kier molecular flexibility index (Phi) is 4.72. The maximum absolute atomic E-state index is 10.4. The highest BCUT2D eigenvalue weighted by Crippen LogP contribution is 2.01. The van der Waals surface area contributed by atoms with E-state index in [1.54, 1.807) is 0 Å². The number of carbonyl (C=O) groups is 1. The first-order valence-electron chi connectivity index (χ1n) is 3.33. The first kappa shape index (κ1) is 9.27. The van der Waals surface area contributed by atoms with Crippen molar-refractivity contribution in [1.82, 2.24) is 0 Å². The molecule has 0 fully saturated rings. The second-order valence-electron chi connectivity index (χ2n) is 2.11. The summed E-state index contributed by atoms with van der Waals surface area (Å²) < 4.78 is 8.77. The third kappa shape index (κ3) is 4.18. The maximum atomic E-state index is 10.4. The first-order valence-corrected chi connectivity index (χ1v) is 3.33. The zero-order valence-corrected chi connectivity index (χ0v) is 6.42. The molecule has 0 rings (SSSR count). The van der Waals surface area contributed by atoms with Gasteiger partial charge in [0, 0.05) is 0 Å². The summed E-state index contributed by atoms with van der Waals surface area (Å²) >= 11 is 0. The summed E-state index contributed by atoms with van der Waals surface area (Å²) in [7, 11) is 2.92. The quantitative estimate of drug-likeness (QED) is 0.570. The fourth-order valence-electron chi connectivity index (χ4n) is 0.664. The fourth-order valence-corrected chi connectivity index (χ4v) is 0.664. The lowest BCUT2D eigenvalue weighted by molar-refractivity contribution is 0.0487.